The highest BCUT2D eigenvalue weighted by Crippen LogP contribution is 2.35. The Morgan fingerprint density at radius 2 is 1.84 bits per heavy atom. The van der Waals surface area contributed by atoms with Crippen molar-refractivity contribution in [1.29, 1.82) is 0 Å². The predicted octanol–water partition coefficient (Wildman–Crippen LogP) is 4.45. The van der Waals surface area contributed by atoms with Gasteiger partial charge in [-0.2, -0.15) is 0 Å². The van der Waals surface area contributed by atoms with Crippen molar-refractivity contribution in [2.24, 2.45) is 12.0 Å². The third-order valence-electron chi connectivity index (χ3n) is 5.27. The van der Waals surface area contributed by atoms with Crippen molar-refractivity contribution >= 4 is 33.2 Å². The molecule has 0 radical (unpaired) electrons. The molecule has 0 atom stereocenters. The summed E-state index contributed by atoms with van der Waals surface area (Å²) in [5.41, 5.74) is 6.39. The predicted molar refractivity (Wildman–Crippen MR) is 130 cm³/mol. The van der Waals surface area contributed by atoms with Gasteiger partial charge in [0.15, 0.2) is 0 Å². The summed E-state index contributed by atoms with van der Waals surface area (Å²) in [6, 6.07) is 3.98. The summed E-state index contributed by atoms with van der Waals surface area (Å²) in [6.45, 7) is 11.0. The van der Waals surface area contributed by atoms with Crippen molar-refractivity contribution in [2.75, 3.05) is 27.9 Å². The number of hydrogen-bond acceptors (Lipinski definition) is 5. The van der Waals surface area contributed by atoms with E-state index >= 15 is 0 Å². The van der Waals surface area contributed by atoms with Crippen LogP contribution in [-0.2, 0) is 18.3 Å². The van der Waals surface area contributed by atoms with Gasteiger partial charge in [-0.3, -0.25) is 19.1 Å². The van der Waals surface area contributed by atoms with Crippen LogP contribution in [0.1, 0.15) is 40.2 Å². The first-order chi connectivity index (χ1) is 14.8. The van der Waals surface area contributed by atoms with Crippen LogP contribution in [0.3, 0.4) is 0 Å². The van der Waals surface area contributed by atoms with Gasteiger partial charge >= 0.3 is 5.69 Å². The van der Waals surface area contributed by atoms with Gasteiger partial charge in [0.05, 0.1) is 43.0 Å². The number of hydrogen-bond donors (Lipinski definition) is 0. The van der Waals surface area contributed by atoms with Gasteiger partial charge in [-0.05, 0) is 32.9 Å². The number of methoxy groups -OCH3 is 2. The van der Waals surface area contributed by atoms with Crippen LogP contribution < -0.4 is 10.4 Å². The molecule has 7 nitrogen and oxygen atoms in total. The Bertz CT molecular complexity index is 1200. The van der Waals surface area contributed by atoms with E-state index in [-0.39, 0.29) is 5.69 Å². The molecule has 0 amide bonds. The van der Waals surface area contributed by atoms with E-state index in [1.807, 2.05) is 32.9 Å². The third kappa shape index (κ3) is 4.42. The number of nitrogens with zero attached hydrogens (tertiary/aromatic N) is 4. The number of allylic oxidation sites excluding steroid dienone is 2. The largest absolute Gasteiger partial charge is 0.496 e. The zero-order chi connectivity index (χ0) is 23.3. The fourth-order valence-electron chi connectivity index (χ4n) is 3.83. The Morgan fingerprint density at radius 3 is 2.39 bits per heavy atom. The Balaban J connectivity index is 0.00000166. The van der Waals surface area contributed by atoms with Crippen molar-refractivity contribution < 1.29 is 9.47 Å². The van der Waals surface area contributed by atoms with Crippen molar-refractivity contribution in [3.8, 4) is 5.75 Å². The highest BCUT2D eigenvalue weighted by Gasteiger charge is 2.19. The summed E-state index contributed by atoms with van der Waals surface area (Å²) < 4.78 is 14.3. The molecule has 168 valence electrons. The minimum Gasteiger partial charge on any atom is -0.496 e. The van der Waals surface area contributed by atoms with E-state index in [4.69, 9.17) is 9.47 Å². The summed E-state index contributed by atoms with van der Waals surface area (Å²) >= 11 is 0. The van der Waals surface area contributed by atoms with Crippen LogP contribution in [0.4, 0.5) is 0 Å². The molecule has 1 aromatic carbocycles. The smallest absolute Gasteiger partial charge is 0.328 e. The lowest BCUT2D eigenvalue weighted by atomic mass is 9.95. The van der Waals surface area contributed by atoms with Crippen LogP contribution in [0, 0.1) is 0 Å². The van der Waals surface area contributed by atoms with Crippen molar-refractivity contribution in [2.45, 2.75) is 41.2 Å². The lowest BCUT2D eigenvalue weighted by Gasteiger charge is -2.16. The zero-order valence-electron chi connectivity index (χ0n) is 20.2. The molecule has 0 saturated heterocycles. The molecular weight excluding hydrogens is 392 g/mol. The van der Waals surface area contributed by atoms with E-state index in [0.29, 0.717) is 13.2 Å². The number of aliphatic imine (C=N–C) groups is 1. The summed E-state index contributed by atoms with van der Waals surface area (Å²) in [5.74, 6) is 0.725. The van der Waals surface area contributed by atoms with Crippen LogP contribution >= 0.6 is 0 Å². The minimum atomic E-state index is -0.0895. The van der Waals surface area contributed by atoms with Gasteiger partial charge in [0.2, 0.25) is 0 Å². The van der Waals surface area contributed by atoms with Crippen molar-refractivity contribution in [3.05, 3.63) is 40.0 Å². The number of pyridine rings is 1. The van der Waals surface area contributed by atoms with E-state index in [0.717, 1.165) is 50.1 Å². The van der Waals surface area contributed by atoms with E-state index in [1.54, 1.807) is 43.6 Å². The topological polar surface area (TPSA) is 70.6 Å². The fraction of sp³-hybridized carbons (Fsp3) is 0.458. The lowest BCUT2D eigenvalue weighted by Crippen LogP contribution is -2.23. The van der Waals surface area contributed by atoms with Gasteiger partial charge in [-0.1, -0.05) is 19.4 Å². The number of fused-ring (bicyclic) bond motifs is 3. The average molecular weight is 427 g/mol. The highest BCUT2D eigenvalue weighted by molar-refractivity contribution is 6.24. The Kier molecular flexibility index (Phi) is 8.16. The number of aryl methyl sites for hydroxylation is 1. The van der Waals surface area contributed by atoms with Gasteiger partial charge in [-0.25, -0.2) is 4.79 Å². The second-order valence-electron chi connectivity index (χ2n) is 7.23. The van der Waals surface area contributed by atoms with Gasteiger partial charge in [0, 0.05) is 43.4 Å². The second kappa shape index (κ2) is 10.4. The molecule has 0 bridgehead atoms. The van der Waals surface area contributed by atoms with Crippen LogP contribution in [0.15, 0.2) is 33.7 Å². The summed E-state index contributed by atoms with van der Waals surface area (Å²) in [7, 11) is 6.84. The fourth-order valence-corrected chi connectivity index (χ4v) is 3.83. The summed E-state index contributed by atoms with van der Waals surface area (Å²) in [5, 5.41) is 0.873. The third-order valence-corrected chi connectivity index (χ3v) is 5.27. The molecule has 0 spiro atoms. The van der Waals surface area contributed by atoms with Crippen LogP contribution in [0.25, 0.3) is 27.5 Å². The molecular formula is C24H34N4O3. The molecule has 3 aromatic rings. The van der Waals surface area contributed by atoms with Crippen LogP contribution in [-0.4, -0.2) is 47.7 Å². The maximum atomic E-state index is 12.8. The molecule has 0 aliphatic heterocycles. The number of benzene rings is 1. The average Bonchev–Trinajstić information content (AvgIpc) is 3.02. The number of rotatable bonds is 6. The molecule has 0 unspecified atom stereocenters. The zero-order valence-corrected chi connectivity index (χ0v) is 20.2. The van der Waals surface area contributed by atoms with Gasteiger partial charge < -0.3 is 9.47 Å². The number of aromatic nitrogens is 3. The summed E-state index contributed by atoms with van der Waals surface area (Å²) in [4.78, 5) is 21.8. The SMILES string of the molecule is CC.CN=C(C)C(=C(C)C)c1cc2ncc3c(c2cc1OC)n(C)c(=O)n3CCOC. The Hall–Kier alpha value is -2.93. The molecule has 0 N–H and O–H groups in total. The van der Waals surface area contributed by atoms with Crippen molar-refractivity contribution in [3.63, 3.8) is 0 Å². The maximum Gasteiger partial charge on any atom is 0.328 e. The van der Waals surface area contributed by atoms with Gasteiger partial charge in [-0.15, -0.1) is 0 Å². The van der Waals surface area contributed by atoms with E-state index in [9.17, 15) is 4.79 Å². The molecule has 31 heavy (non-hydrogen) atoms. The molecule has 3 rings (SSSR count). The molecule has 2 heterocycles. The molecule has 2 aromatic heterocycles. The van der Waals surface area contributed by atoms with Crippen molar-refractivity contribution in [1.82, 2.24) is 14.1 Å². The molecule has 7 heteroatoms. The maximum absolute atomic E-state index is 12.8. The first kappa shape index (κ1) is 24.3. The normalized spacial score (nSPS) is 11.5. The lowest BCUT2D eigenvalue weighted by molar-refractivity contribution is 0.187. The Labute approximate surface area is 184 Å². The number of ether oxygens (including phenoxy) is 2. The van der Waals surface area contributed by atoms with Crippen LogP contribution in [0.5, 0.6) is 5.75 Å². The molecule has 0 saturated carbocycles. The van der Waals surface area contributed by atoms with E-state index < -0.39 is 0 Å². The van der Waals surface area contributed by atoms with Gasteiger partial charge in [0.25, 0.3) is 0 Å². The first-order valence-corrected chi connectivity index (χ1v) is 10.5. The molecule has 0 aliphatic carbocycles. The van der Waals surface area contributed by atoms with E-state index in [1.165, 1.54) is 0 Å². The quantitative estimate of drug-likeness (QED) is 0.546. The Morgan fingerprint density at radius 1 is 1.16 bits per heavy atom. The monoisotopic (exact) mass is 426 g/mol. The molecule has 0 aliphatic rings. The van der Waals surface area contributed by atoms with E-state index in [2.05, 4.69) is 23.8 Å². The van der Waals surface area contributed by atoms with Crippen LogP contribution in [0.2, 0.25) is 0 Å². The minimum absolute atomic E-state index is 0.0895. The second-order valence-corrected chi connectivity index (χ2v) is 7.23. The number of imidazole rings is 1. The highest BCUT2D eigenvalue weighted by atomic mass is 16.5. The molecule has 0 fully saturated rings. The van der Waals surface area contributed by atoms with Gasteiger partial charge in [0.1, 0.15) is 5.75 Å². The standard InChI is InChI=1S/C22H28N4O3.C2H6/c1-13(2)20(14(3)23-4)16-10-17-15(11-19(16)29-7)21-18(12-24-17)26(8-9-28-6)22(27)25(21)5;1-2/h10-12H,8-9H2,1-7H3;1-2H3. The summed E-state index contributed by atoms with van der Waals surface area (Å²) in [6.07, 6.45) is 1.76. The first-order valence-electron chi connectivity index (χ1n) is 10.5.